The number of hydrogen-bond donors (Lipinski definition) is 0. The maximum atomic E-state index is 11.9. The molecule has 7 heteroatoms. The predicted octanol–water partition coefficient (Wildman–Crippen LogP) is 2.57. The standard InChI is InChI=1S/C19H24N4O2S/c1-2-22(16-9-11-26(24,25)13-16)18-12-19(21-14-20-18)23-10-5-7-15-6-3-4-8-17(15)23/h3-4,6,8,12,14,16H,2,5,7,9-11,13H2,1H3. The molecule has 2 aliphatic rings. The van der Waals surface area contributed by atoms with Crippen molar-refractivity contribution >= 4 is 27.2 Å². The van der Waals surface area contributed by atoms with Crippen LogP contribution in [0.1, 0.15) is 25.3 Å². The van der Waals surface area contributed by atoms with Crippen molar-refractivity contribution in [3.05, 3.63) is 42.2 Å². The largest absolute Gasteiger partial charge is 0.353 e. The summed E-state index contributed by atoms with van der Waals surface area (Å²) >= 11 is 0. The Morgan fingerprint density at radius 3 is 2.88 bits per heavy atom. The predicted molar refractivity (Wildman–Crippen MR) is 104 cm³/mol. The van der Waals surface area contributed by atoms with Crippen LogP contribution < -0.4 is 9.80 Å². The highest BCUT2D eigenvalue weighted by Crippen LogP contribution is 2.33. The lowest BCUT2D eigenvalue weighted by Crippen LogP contribution is -2.37. The van der Waals surface area contributed by atoms with E-state index in [1.165, 1.54) is 11.3 Å². The zero-order chi connectivity index (χ0) is 18.1. The minimum Gasteiger partial charge on any atom is -0.353 e. The molecule has 0 saturated carbocycles. The second-order valence-electron chi connectivity index (χ2n) is 6.96. The van der Waals surface area contributed by atoms with Gasteiger partial charge in [-0.05, 0) is 37.8 Å². The lowest BCUT2D eigenvalue weighted by atomic mass is 10.0. The summed E-state index contributed by atoms with van der Waals surface area (Å²) in [6.45, 7) is 3.70. The number of rotatable bonds is 4. The number of para-hydroxylation sites is 1. The first kappa shape index (κ1) is 17.3. The molecule has 0 radical (unpaired) electrons. The van der Waals surface area contributed by atoms with Crippen LogP contribution in [0.5, 0.6) is 0 Å². The van der Waals surface area contributed by atoms with Gasteiger partial charge in [-0.2, -0.15) is 0 Å². The molecule has 0 amide bonds. The second kappa shape index (κ2) is 6.87. The van der Waals surface area contributed by atoms with Crippen LogP contribution in [0.2, 0.25) is 0 Å². The molecule has 0 N–H and O–H groups in total. The van der Waals surface area contributed by atoms with E-state index in [-0.39, 0.29) is 17.5 Å². The van der Waals surface area contributed by atoms with Gasteiger partial charge in [0, 0.05) is 30.9 Å². The number of fused-ring (bicyclic) bond motifs is 1. The molecular formula is C19H24N4O2S. The summed E-state index contributed by atoms with van der Waals surface area (Å²) in [6.07, 6.45) is 4.44. The highest BCUT2D eigenvalue weighted by Gasteiger charge is 2.32. The Morgan fingerprint density at radius 2 is 2.12 bits per heavy atom. The molecule has 6 nitrogen and oxygen atoms in total. The smallest absolute Gasteiger partial charge is 0.152 e. The molecule has 1 saturated heterocycles. The lowest BCUT2D eigenvalue weighted by molar-refractivity contribution is 0.599. The van der Waals surface area contributed by atoms with Gasteiger partial charge in [0.1, 0.15) is 18.0 Å². The van der Waals surface area contributed by atoms with Crippen LogP contribution in [-0.4, -0.2) is 49.0 Å². The maximum Gasteiger partial charge on any atom is 0.152 e. The monoisotopic (exact) mass is 372 g/mol. The van der Waals surface area contributed by atoms with Crippen molar-refractivity contribution in [2.45, 2.75) is 32.2 Å². The van der Waals surface area contributed by atoms with E-state index >= 15 is 0 Å². The van der Waals surface area contributed by atoms with Crippen LogP contribution in [0.15, 0.2) is 36.7 Å². The van der Waals surface area contributed by atoms with Gasteiger partial charge in [-0.1, -0.05) is 18.2 Å². The van der Waals surface area contributed by atoms with Gasteiger partial charge in [0.25, 0.3) is 0 Å². The fourth-order valence-corrected chi connectivity index (χ4v) is 5.77. The minimum absolute atomic E-state index is 0.00129. The van der Waals surface area contributed by atoms with Gasteiger partial charge in [0.2, 0.25) is 0 Å². The van der Waals surface area contributed by atoms with Crippen LogP contribution in [-0.2, 0) is 16.3 Å². The molecule has 3 heterocycles. The van der Waals surface area contributed by atoms with Crippen LogP contribution in [0, 0.1) is 0 Å². The lowest BCUT2D eigenvalue weighted by Gasteiger charge is -2.32. The molecule has 1 atom stereocenters. The first-order valence-corrected chi connectivity index (χ1v) is 11.0. The number of benzene rings is 1. The summed E-state index contributed by atoms with van der Waals surface area (Å²) in [5.74, 6) is 2.17. The summed E-state index contributed by atoms with van der Waals surface area (Å²) in [5, 5.41) is 0. The average Bonchev–Trinajstić information content (AvgIpc) is 3.01. The molecule has 2 aliphatic heterocycles. The van der Waals surface area contributed by atoms with Crippen molar-refractivity contribution in [1.29, 1.82) is 0 Å². The SMILES string of the molecule is CCN(c1cc(N2CCCc3ccccc32)ncn1)C1CCS(=O)(=O)C1. The number of sulfone groups is 1. The fourth-order valence-electron chi connectivity index (χ4n) is 4.04. The first-order valence-electron chi connectivity index (χ1n) is 9.22. The van der Waals surface area contributed by atoms with E-state index in [0.29, 0.717) is 6.42 Å². The Balaban J connectivity index is 1.65. The fraction of sp³-hybridized carbons (Fsp3) is 0.474. The van der Waals surface area contributed by atoms with Crippen LogP contribution in [0.3, 0.4) is 0 Å². The Bertz CT molecular complexity index is 900. The maximum absolute atomic E-state index is 11.9. The van der Waals surface area contributed by atoms with Gasteiger partial charge < -0.3 is 9.80 Å². The summed E-state index contributed by atoms with van der Waals surface area (Å²) in [5.41, 5.74) is 2.54. The number of aromatic nitrogens is 2. The van der Waals surface area contributed by atoms with Crippen molar-refractivity contribution in [3.63, 3.8) is 0 Å². The number of hydrogen-bond acceptors (Lipinski definition) is 6. The minimum atomic E-state index is -2.92. The second-order valence-corrected chi connectivity index (χ2v) is 9.19. The third-order valence-electron chi connectivity index (χ3n) is 5.31. The highest BCUT2D eigenvalue weighted by atomic mass is 32.2. The van der Waals surface area contributed by atoms with Crippen LogP contribution in [0.4, 0.5) is 17.3 Å². The first-order chi connectivity index (χ1) is 12.6. The highest BCUT2D eigenvalue weighted by molar-refractivity contribution is 7.91. The molecule has 138 valence electrons. The van der Waals surface area contributed by atoms with E-state index in [1.807, 2.05) is 13.0 Å². The third kappa shape index (κ3) is 3.28. The molecule has 1 aromatic carbocycles. The van der Waals surface area contributed by atoms with Crippen LogP contribution >= 0.6 is 0 Å². The van der Waals surface area contributed by atoms with E-state index in [0.717, 1.165) is 37.6 Å². The van der Waals surface area contributed by atoms with Gasteiger partial charge in [-0.15, -0.1) is 0 Å². The zero-order valence-electron chi connectivity index (χ0n) is 15.0. The molecular weight excluding hydrogens is 348 g/mol. The number of aryl methyl sites for hydroxylation is 1. The normalized spacial score (nSPS) is 21.4. The van der Waals surface area contributed by atoms with E-state index < -0.39 is 9.84 Å². The van der Waals surface area contributed by atoms with Gasteiger partial charge in [0.15, 0.2) is 9.84 Å². The van der Waals surface area contributed by atoms with E-state index in [2.05, 4.69) is 44.0 Å². The average molecular weight is 372 g/mol. The van der Waals surface area contributed by atoms with E-state index in [4.69, 9.17) is 0 Å². The van der Waals surface area contributed by atoms with Crippen molar-refractivity contribution < 1.29 is 8.42 Å². The Morgan fingerprint density at radius 1 is 1.27 bits per heavy atom. The Kier molecular flexibility index (Phi) is 4.56. The number of nitrogens with zero attached hydrogens (tertiary/aromatic N) is 4. The van der Waals surface area contributed by atoms with E-state index in [1.54, 1.807) is 6.33 Å². The number of anilines is 3. The summed E-state index contributed by atoms with van der Waals surface area (Å²) < 4.78 is 23.8. The molecule has 0 aliphatic carbocycles. The topological polar surface area (TPSA) is 66.4 Å². The molecule has 1 unspecified atom stereocenters. The van der Waals surface area contributed by atoms with Crippen LogP contribution in [0.25, 0.3) is 0 Å². The Hall–Kier alpha value is -2.15. The van der Waals surface area contributed by atoms with Gasteiger partial charge in [-0.3, -0.25) is 0 Å². The quantitative estimate of drug-likeness (QED) is 0.822. The summed E-state index contributed by atoms with van der Waals surface area (Å²) in [4.78, 5) is 13.3. The van der Waals surface area contributed by atoms with Crippen molar-refractivity contribution in [2.75, 3.05) is 34.4 Å². The van der Waals surface area contributed by atoms with Crippen molar-refractivity contribution in [1.82, 2.24) is 9.97 Å². The van der Waals surface area contributed by atoms with E-state index in [9.17, 15) is 8.42 Å². The third-order valence-corrected chi connectivity index (χ3v) is 7.06. The van der Waals surface area contributed by atoms with Crippen molar-refractivity contribution in [2.24, 2.45) is 0 Å². The molecule has 4 rings (SSSR count). The molecule has 2 aromatic rings. The Labute approximate surface area is 154 Å². The zero-order valence-corrected chi connectivity index (χ0v) is 15.8. The van der Waals surface area contributed by atoms with Gasteiger partial charge in [0.05, 0.1) is 11.5 Å². The summed E-state index contributed by atoms with van der Waals surface area (Å²) in [7, 11) is -2.92. The molecule has 0 bridgehead atoms. The molecule has 0 spiro atoms. The summed E-state index contributed by atoms with van der Waals surface area (Å²) in [6, 6.07) is 10.4. The molecule has 26 heavy (non-hydrogen) atoms. The van der Waals surface area contributed by atoms with Gasteiger partial charge in [-0.25, -0.2) is 18.4 Å². The molecule has 1 aromatic heterocycles. The molecule has 1 fully saturated rings. The van der Waals surface area contributed by atoms with Gasteiger partial charge >= 0.3 is 0 Å². The van der Waals surface area contributed by atoms with Crippen molar-refractivity contribution in [3.8, 4) is 0 Å².